The van der Waals surface area contributed by atoms with Gasteiger partial charge in [-0.25, -0.2) is 0 Å². The molecule has 0 aromatic carbocycles. The van der Waals surface area contributed by atoms with Crippen LogP contribution < -0.4 is 5.32 Å². The fourth-order valence-electron chi connectivity index (χ4n) is 6.81. The lowest BCUT2D eigenvalue weighted by atomic mass is 9.99. The van der Waals surface area contributed by atoms with Gasteiger partial charge in [-0.2, -0.15) is 0 Å². The third kappa shape index (κ3) is 29.6. The van der Waals surface area contributed by atoms with Crippen molar-refractivity contribution in [3.8, 4) is 0 Å². The van der Waals surface area contributed by atoms with Crippen LogP contribution >= 0.6 is 0 Å². The molecule has 0 radical (unpaired) electrons. The number of rotatable bonds is 38. The first-order chi connectivity index (χ1) is 29.2. The van der Waals surface area contributed by atoms with E-state index in [4.69, 9.17) is 14.2 Å². The average molecular weight is 848 g/mol. The third-order valence-electron chi connectivity index (χ3n) is 10.6. The van der Waals surface area contributed by atoms with Gasteiger partial charge in [-0.05, 0) is 103 Å². The Morgan fingerprint density at radius 2 is 1.15 bits per heavy atom. The van der Waals surface area contributed by atoms with Gasteiger partial charge < -0.3 is 45.1 Å². The molecule has 6 N–H and O–H groups in total. The lowest BCUT2D eigenvalue weighted by Crippen LogP contribution is -2.60. The zero-order chi connectivity index (χ0) is 43.9. The van der Waals surface area contributed by atoms with Crippen molar-refractivity contribution in [2.75, 3.05) is 19.8 Å². The molecular formula is C49H85NO10. The number of unbranched alkanes of at least 4 members (excludes halogenated alkanes) is 17. The summed E-state index contributed by atoms with van der Waals surface area (Å²) < 4.78 is 16.5. The fraction of sp³-hybridized carbons (Fsp3) is 0.755. The van der Waals surface area contributed by atoms with E-state index < -0.39 is 49.5 Å². The topological polar surface area (TPSA) is 175 Å². The zero-order valence-electron chi connectivity index (χ0n) is 37.4. The van der Waals surface area contributed by atoms with E-state index in [2.05, 4.69) is 54.8 Å². The zero-order valence-corrected chi connectivity index (χ0v) is 37.4. The number of ether oxygens (including phenoxy) is 3. The van der Waals surface area contributed by atoms with Gasteiger partial charge in [0.2, 0.25) is 5.91 Å². The second-order valence-electron chi connectivity index (χ2n) is 16.1. The second-order valence-corrected chi connectivity index (χ2v) is 16.1. The van der Waals surface area contributed by atoms with E-state index in [-0.39, 0.29) is 24.9 Å². The molecule has 1 rings (SSSR count). The first-order valence-corrected chi connectivity index (χ1v) is 23.5. The van der Waals surface area contributed by atoms with Gasteiger partial charge in [-0.15, -0.1) is 0 Å². The highest BCUT2D eigenvalue weighted by Crippen LogP contribution is 2.22. The molecule has 7 atom stereocenters. The van der Waals surface area contributed by atoms with Gasteiger partial charge in [0.15, 0.2) is 6.29 Å². The number of carbonyl (C=O) groups is 2. The highest BCUT2D eigenvalue weighted by atomic mass is 16.7. The molecule has 1 saturated heterocycles. The van der Waals surface area contributed by atoms with Crippen LogP contribution in [0, 0.1) is 0 Å². The number of aliphatic hydroxyl groups excluding tert-OH is 5. The molecule has 0 aromatic heterocycles. The van der Waals surface area contributed by atoms with Gasteiger partial charge in [0, 0.05) is 12.8 Å². The summed E-state index contributed by atoms with van der Waals surface area (Å²) in [4.78, 5) is 24.9. The van der Waals surface area contributed by atoms with Gasteiger partial charge >= 0.3 is 5.97 Å². The Kier molecular flexibility index (Phi) is 36.2. The smallest absolute Gasteiger partial charge is 0.305 e. The highest BCUT2D eigenvalue weighted by molar-refractivity contribution is 5.76. The molecule has 11 nitrogen and oxygen atoms in total. The molecule has 1 fully saturated rings. The number of hydrogen-bond acceptors (Lipinski definition) is 10. The number of amides is 1. The van der Waals surface area contributed by atoms with E-state index in [1.54, 1.807) is 6.08 Å². The minimum atomic E-state index is -1.59. The lowest BCUT2D eigenvalue weighted by molar-refractivity contribution is -0.302. The molecule has 1 aliphatic rings. The number of hydrogen-bond donors (Lipinski definition) is 6. The quantitative estimate of drug-likeness (QED) is 0.0200. The fourth-order valence-corrected chi connectivity index (χ4v) is 6.81. The van der Waals surface area contributed by atoms with Gasteiger partial charge in [-0.3, -0.25) is 9.59 Å². The van der Waals surface area contributed by atoms with E-state index in [0.717, 1.165) is 83.5 Å². The summed E-state index contributed by atoms with van der Waals surface area (Å²) in [7, 11) is 0. The summed E-state index contributed by atoms with van der Waals surface area (Å²) in [5.41, 5.74) is 0. The van der Waals surface area contributed by atoms with Crippen LogP contribution in [0.25, 0.3) is 0 Å². The number of aliphatic hydroxyl groups is 5. The Balaban J connectivity index is 2.23. The molecule has 60 heavy (non-hydrogen) atoms. The molecule has 1 amide bonds. The van der Waals surface area contributed by atoms with Crippen molar-refractivity contribution in [2.45, 2.75) is 217 Å². The van der Waals surface area contributed by atoms with Gasteiger partial charge in [0.05, 0.1) is 32.0 Å². The predicted octanol–water partition coefficient (Wildman–Crippen LogP) is 8.77. The first-order valence-electron chi connectivity index (χ1n) is 23.5. The minimum Gasteiger partial charge on any atom is -0.466 e. The highest BCUT2D eigenvalue weighted by Gasteiger charge is 2.44. The van der Waals surface area contributed by atoms with Crippen molar-refractivity contribution in [1.29, 1.82) is 0 Å². The lowest BCUT2D eigenvalue weighted by Gasteiger charge is -2.40. The second kappa shape index (κ2) is 39.2. The van der Waals surface area contributed by atoms with Crippen LogP contribution in [0.3, 0.4) is 0 Å². The molecule has 346 valence electrons. The Hall–Kier alpha value is -2.64. The van der Waals surface area contributed by atoms with Crippen LogP contribution in [-0.2, 0) is 23.8 Å². The summed E-state index contributed by atoms with van der Waals surface area (Å²) in [5.74, 6) is -0.304. The molecule has 7 unspecified atom stereocenters. The minimum absolute atomic E-state index is 0.0715. The van der Waals surface area contributed by atoms with Crippen LogP contribution in [0.5, 0.6) is 0 Å². The standard InChI is InChI=1S/C49H85NO10/c1-3-5-7-9-11-13-14-17-21-25-29-33-37-45(54)58-38-34-30-26-22-18-15-16-20-24-28-32-36-44(53)50-41(42(52)35-31-27-23-19-12-10-8-6-4-2)40-59-49-48(57)47(56)46(55)43(39-51)60-49/h4,6,11-13,18-19,22,31,35,41-43,46-49,51-52,55-57H,3,5,7-10,14-17,20-21,23-30,32-34,36-40H2,1-2H3,(H,50,53)/b6-4+,13-11-,19-12+,22-18-,35-31+. The first kappa shape index (κ1) is 55.4. The number of carbonyl (C=O) groups excluding carboxylic acids is 2. The maximum atomic E-state index is 12.9. The van der Waals surface area contributed by atoms with Crippen LogP contribution in [0.4, 0.5) is 0 Å². The Morgan fingerprint density at radius 1 is 0.633 bits per heavy atom. The van der Waals surface area contributed by atoms with Gasteiger partial charge in [-0.1, -0.05) is 119 Å². The Labute approximate surface area is 363 Å². The van der Waals surface area contributed by atoms with E-state index in [1.807, 2.05) is 19.1 Å². The monoisotopic (exact) mass is 848 g/mol. The van der Waals surface area contributed by atoms with E-state index >= 15 is 0 Å². The van der Waals surface area contributed by atoms with Crippen LogP contribution in [0.15, 0.2) is 60.8 Å². The maximum Gasteiger partial charge on any atom is 0.305 e. The summed E-state index contributed by atoms with van der Waals surface area (Å²) >= 11 is 0. The number of nitrogens with one attached hydrogen (secondary N) is 1. The largest absolute Gasteiger partial charge is 0.466 e. The molecule has 0 bridgehead atoms. The van der Waals surface area contributed by atoms with Gasteiger partial charge in [0.25, 0.3) is 0 Å². The molecule has 11 heteroatoms. The molecular weight excluding hydrogens is 763 g/mol. The molecule has 0 spiro atoms. The number of allylic oxidation sites excluding steroid dienone is 9. The van der Waals surface area contributed by atoms with Crippen molar-refractivity contribution in [3.05, 3.63) is 60.8 Å². The van der Waals surface area contributed by atoms with Crippen molar-refractivity contribution in [3.63, 3.8) is 0 Å². The average Bonchev–Trinajstić information content (AvgIpc) is 3.24. The van der Waals surface area contributed by atoms with Crippen molar-refractivity contribution >= 4 is 11.9 Å². The molecule has 0 saturated carbocycles. The van der Waals surface area contributed by atoms with Crippen LogP contribution in [0.2, 0.25) is 0 Å². The molecule has 0 aromatic rings. The van der Waals surface area contributed by atoms with Crippen LogP contribution in [-0.4, -0.2) is 100 Å². The summed E-state index contributed by atoms with van der Waals surface area (Å²) in [5, 5.41) is 53.9. The number of esters is 1. The van der Waals surface area contributed by atoms with Crippen LogP contribution in [0.1, 0.15) is 174 Å². The predicted molar refractivity (Wildman–Crippen MR) is 241 cm³/mol. The Bertz CT molecular complexity index is 1180. The molecule has 0 aliphatic carbocycles. The molecule has 1 aliphatic heterocycles. The van der Waals surface area contributed by atoms with E-state index in [0.29, 0.717) is 25.9 Å². The normalized spacial score (nSPS) is 20.9. The SMILES string of the molecule is C/C=C/CC/C=C/CC/C=C/C(O)C(COC1OC(CO)C(O)C(O)C1O)NC(=O)CCCCCCC/C=C\CCCCOC(=O)CCCCCCC/C=C\CCCCC. The van der Waals surface area contributed by atoms with Crippen molar-refractivity contribution in [1.82, 2.24) is 5.32 Å². The van der Waals surface area contributed by atoms with E-state index in [9.17, 15) is 35.1 Å². The summed E-state index contributed by atoms with van der Waals surface area (Å²) in [6.45, 7) is 3.91. The van der Waals surface area contributed by atoms with Gasteiger partial charge in [0.1, 0.15) is 24.4 Å². The van der Waals surface area contributed by atoms with Crippen molar-refractivity contribution < 1.29 is 49.3 Å². The van der Waals surface area contributed by atoms with Crippen molar-refractivity contribution in [2.24, 2.45) is 0 Å². The molecule has 1 heterocycles. The third-order valence-corrected chi connectivity index (χ3v) is 10.6. The summed E-state index contributed by atoms with van der Waals surface area (Å²) in [6.07, 6.45) is 37.5. The van der Waals surface area contributed by atoms with E-state index in [1.165, 1.54) is 51.4 Å². The Morgan fingerprint density at radius 3 is 1.75 bits per heavy atom. The maximum absolute atomic E-state index is 12.9. The summed E-state index contributed by atoms with van der Waals surface area (Å²) in [6, 6.07) is -0.855.